The molecular formula is C28H35NO8S. The van der Waals surface area contributed by atoms with Crippen molar-refractivity contribution >= 4 is 35.5 Å². The Kier molecular flexibility index (Phi) is 10.0. The number of thioether (sulfide) groups is 1. The molecule has 9 nitrogen and oxygen atoms in total. The van der Waals surface area contributed by atoms with Crippen LogP contribution in [-0.2, 0) is 28.7 Å². The summed E-state index contributed by atoms with van der Waals surface area (Å²) in [6.07, 6.45) is 0.425. The Hall–Kier alpha value is -3.27. The molecule has 1 aromatic rings. The number of nitrogens with one attached hydrogen (secondary N) is 1. The van der Waals surface area contributed by atoms with Crippen LogP contribution in [0.1, 0.15) is 52.5 Å². The van der Waals surface area contributed by atoms with E-state index in [2.05, 4.69) is 5.32 Å². The van der Waals surface area contributed by atoms with E-state index < -0.39 is 35.5 Å². The monoisotopic (exact) mass is 545 g/mol. The highest BCUT2D eigenvalue weighted by atomic mass is 32.2. The molecular weight excluding hydrogens is 510 g/mol. The molecule has 0 saturated heterocycles. The molecule has 1 heterocycles. The quantitative estimate of drug-likeness (QED) is 0.201. The van der Waals surface area contributed by atoms with Gasteiger partial charge in [0.1, 0.15) is 12.5 Å². The zero-order chi connectivity index (χ0) is 28.0. The number of benzene rings is 1. The summed E-state index contributed by atoms with van der Waals surface area (Å²) >= 11 is 1.65. The van der Waals surface area contributed by atoms with Gasteiger partial charge in [0.2, 0.25) is 0 Å². The number of hydrogen-bond donors (Lipinski definition) is 1. The molecule has 1 aliphatic carbocycles. The molecule has 1 aromatic carbocycles. The SMILES string of the molecule is CCOc1cc(C2C(C(=O)OCCSCC)=C(C)NC3=C2C(=O)C(C(=O)OC)C(C)C3)ccc1OC(C)=O. The lowest BCUT2D eigenvalue weighted by Gasteiger charge is -2.38. The molecule has 3 unspecified atom stereocenters. The number of ether oxygens (including phenoxy) is 4. The van der Waals surface area contributed by atoms with Gasteiger partial charge in [-0.2, -0.15) is 11.8 Å². The summed E-state index contributed by atoms with van der Waals surface area (Å²) in [7, 11) is 1.26. The van der Waals surface area contributed by atoms with Crippen molar-refractivity contribution in [1.82, 2.24) is 5.32 Å². The van der Waals surface area contributed by atoms with Crippen LogP contribution in [0.15, 0.2) is 40.7 Å². The molecule has 0 bridgehead atoms. The number of carbonyl (C=O) groups is 4. The van der Waals surface area contributed by atoms with Crippen LogP contribution >= 0.6 is 11.8 Å². The van der Waals surface area contributed by atoms with Gasteiger partial charge in [-0.25, -0.2) is 4.79 Å². The first-order valence-electron chi connectivity index (χ1n) is 12.7. The van der Waals surface area contributed by atoms with E-state index in [9.17, 15) is 19.2 Å². The Balaban J connectivity index is 2.16. The zero-order valence-corrected chi connectivity index (χ0v) is 23.5. The lowest BCUT2D eigenvalue weighted by atomic mass is 9.69. The largest absolute Gasteiger partial charge is 0.490 e. The second-order valence-electron chi connectivity index (χ2n) is 9.10. The maximum absolute atomic E-state index is 13.9. The van der Waals surface area contributed by atoms with E-state index in [1.807, 2.05) is 13.8 Å². The summed E-state index contributed by atoms with van der Waals surface area (Å²) in [5.74, 6) is -2.11. The van der Waals surface area contributed by atoms with Crippen molar-refractivity contribution in [2.45, 2.75) is 47.0 Å². The van der Waals surface area contributed by atoms with Crippen LogP contribution in [0.2, 0.25) is 0 Å². The van der Waals surface area contributed by atoms with Crippen molar-refractivity contribution < 1.29 is 38.1 Å². The van der Waals surface area contributed by atoms with E-state index in [0.717, 1.165) is 5.75 Å². The van der Waals surface area contributed by atoms with Crippen LogP contribution in [-0.4, -0.2) is 55.5 Å². The summed E-state index contributed by atoms with van der Waals surface area (Å²) in [5, 5.41) is 3.25. The third-order valence-corrected chi connectivity index (χ3v) is 7.35. The Morgan fingerprint density at radius 2 is 1.89 bits per heavy atom. The minimum Gasteiger partial charge on any atom is -0.490 e. The second-order valence-corrected chi connectivity index (χ2v) is 10.5. The second kappa shape index (κ2) is 13.0. The fourth-order valence-electron chi connectivity index (χ4n) is 4.91. The van der Waals surface area contributed by atoms with Gasteiger partial charge in [0, 0.05) is 35.6 Å². The Morgan fingerprint density at radius 1 is 1.16 bits per heavy atom. The van der Waals surface area contributed by atoms with Gasteiger partial charge in [-0.3, -0.25) is 14.4 Å². The van der Waals surface area contributed by atoms with E-state index in [-0.39, 0.29) is 23.8 Å². The minimum atomic E-state index is -0.994. The lowest BCUT2D eigenvalue weighted by molar-refractivity contribution is -0.151. The van der Waals surface area contributed by atoms with Crippen LogP contribution < -0.4 is 14.8 Å². The van der Waals surface area contributed by atoms with Gasteiger partial charge in [-0.15, -0.1) is 0 Å². The van der Waals surface area contributed by atoms with Gasteiger partial charge in [0.15, 0.2) is 17.3 Å². The number of carbonyl (C=O) groups excluding carboxylic acids is 4. The minimum absolute atomic E-state index is 0.220. The van der Waals surface area contributed by atoms with Crippen molar-refractivity contribution in [1.29, 1.82) is 0 Å². The predicted octanol–water partition coefficient (Wildman–Crippen LogP) is 3.92. The fourth-order valence-corrected chi connectivity index (χ4v) is 5.40. The average molecular weight is 546 g/mol. The molecule has 206 valence electrons. The average Bonchev–Trinajstić information content (AvgIpc) is 2.86. The van der Waals surface area contributed by atoms with Crippen LogP contribution in [0, 0.1) is 11.8 Å². The first kappa shape index (κ1) is 29.3. The molecule has 0 amide bonds. The van der Waals surface area contributed by atoms with Gasteiger partial charge in [-0.1, -0.05) is 19.9 Å². The summed E-state index contributed by atoms with van der Waals surface area (Å²) in [6, 6.07) is 4.93. The number of ketones is 1. The highest BCUT2D eigenvalue weighted by Gasteiger charge is 2.47. The Labute approximate surface area is 227 Å². The molecule has 38 heavy (non-hydrogen) atoms. The zero-order valence-electron chi connectivity index (χ0n) is 22.7. The van der Waals surface area contributed by atoms with Crippen molar-refractivity contribution in [2.24, 2.45) is 11.8 Å². The molecule has 2 aliphatic rings. The smallest absolute Gasteiger partial charge is 0.336 e. The van der Waals surface area contributed by atoms with Crippen LogP contribution in [0.4, 0.5) is 0 Å². The highest BCUT2D eigenvalue weighted by molar-refractivity contribution is 7.99. The number of esters is 3. The molecule has 0 aromatic heterocycles. The van der Waals surface area contributed by atoms with E-state index in [1.54, 1.807) is 43.8 Å². The third kappa shape index (κ3) is 6.23. The third-order valence-electron chi connectivity index (χ3n) is 6.48. The maximum Gasteiger partial charge on any atom is 0.336 e. The standard InChI is InChI=1S/C28H35NO8S/c1-7-35-21-14-18(9-10-20(21)37-17(5)30)24-23(28(33)36-11-12-38-8-2)16(4)29-19-13-15(3)22(27(32)34-6)26(31)25(19)24/h9-10,14-15,22,24,29H,7-8,11-13H2,1-6H3. The van der Waals surface area contributed by atoms with Crippen LogP contribution in [0.25, 0.3) is 0 Å². The summed E-state index contributed by atoms with van der Waals surface area (Å²) in [4.78, 5) is 51.6. The Morgan fingerprint density at radius 3 is 2.53 bits per heavy atom. The first-order chi connectivity index (χ1) is 18.1. The van der Waals surface area contributed by atoms with E-state index in [4.69, 9.17) is 18.9 Å². The summed E-state index contributed by atoms with van der Waals surface area (Å²) < 4.78 is 21.6. The first-order valence-corrected chi connectivity index (χ1v) is 13.8. The fraction of sp³-hybridized carbons (Fsp3) is 0.500. The number of dihydropyridines is 1. The molecule has 10 heteroatoms. The number of Topliss-reactive ketones (excluding diaryl/α,β-unsaturated/α-hetero) is 1. The van der Waals surface area contributed by atoms with Gasteiger partial charge in [-0.05, 0) is 49.6 Å². The lowest BCUT2D eigenvalue weighted by Crippen LogP contribution is -2.43. The van der Waals surface area contributed by atoms with Gasteiger partial charge in [0.25, 0.3) is 0 Å². The number of methoxy groups -OCH3 is 1. The topological polar surface area (TPSA) is 117 Å². The summed E-state index contributed by atoms with van der Waals surface area (Å²) in [5.41, 5.74) is 2.39. The van der Waals surface area contributed by atoms with Crippen molar-refractivity contribution in [3.63, 3.8) is 0 Å². The maximum atomic E-state index is 13.9. The van der Waals surface area contributed by atoms with Gasteiger partial charge in [0.05, 0.1) is 19.3 Å². The number of rotatable bonds is 10. The van der Waals surface area contributed by atoms with Gasteiger partial charge < -0.3 is 24.3 Å². The van der Waals surface area contributed by atoms with Crippen LogP contribution in [0.5, 0.6) is 11.5 Å². The Bertz CT molecular complexity index is 1170. The van der Waals surface area contributed by atoms with Crippen molar-refractivity contribution in [2.75, 3.05) is 31.8 Å². The van der Waals surface area contributed by atoms with E-state index in [0.29, 0.717) is 47.1 Å². The normalized spacial score (nSPS) is 20.9. The molecule has 3 atom stereocenters. The van der Waals surface area contributed by atoms with Gasteiger partial charge >= 0.3 is 17.9 Å². The molecule has 0 fully saturated rings. The number of allylic oxidation sites excluding steroid dienone is 3. The molecule has 1 N–H and O–H groups in total. The molecule has 0 radical (unpaired) electrons. The molecule has 0 saturated carbocycles. The molecule has 3 rings (SSSR count). The molecule has 1 aliphatic heterocycles. The summed E-state index contributed by atoms with van der Waals surface area (Å²) in [6.45, 7) is 9.23. The van der Waals surface area contributed by atoms with E-state index >= 15 is 0 Å². The predicted molar refractivity (Wildman–Crippen MR) is 143 cm³/mol. The molecule has 0 spiro atoms. The van der Waals surface area contributed by atoms with Crippen molar-refractivity contribution in [3.8, 4) is 11.5 Å². The van der Waals surface area contributed by atoms with Crippen LogP contribution in [0.3, 0.4) is 0 Å². The highest BCUT2D eigenvalue weighted by Crippen LogP contribution is 2.47. The van der Waals surface area contributed by atoms with E-state index in [1.165, 1.54) is 14.0 Å². The number of hydrogen-bond acceptors (Lipinski definition) is 10. The van der Waals surface area contributed by atoms with Crippen molar-refractivity contribution in [3.05, 3.63) is 46.3 Å².